The van der Waals surface area contributed by atoms with Gasteiger partial charge in [-0.1, -0.05) is 58.0 Å². The lowest BCUT2D eigenvalue weighted by atomic mass is 9.98. The van der Waals surface area contributed by atoms with E-state index in [2.05, 4.69) is 28.9 Å². The molecular weight excluding hydrogens is 548 g/mol. The Hall–Kier alpha value is -4.66. The zero-order chi connectivity index (χ0) is 30.8. The Morgan fingerprint density at radius 2 is 1.70 bits per heavy atom. The molecule has 1 N–H and O–H groups in total. The normalized spacial score (nSPS) is 11.4. The van der Waals surface area contributed by atoms with E-state index in [-0.39, 0.29) is 28.9 Å². The van der Waals surface area contributed by atoms with Gasteiger partial charge in [0.15, 0.2) is 5.82 Å². The average Bonchev–Trinajstić information content (AvgIpc) is 3.44. The SMILES string of the molecule is CCc1cccc(CC)c1-n1c(-c2ccn(CC(C)C)n2)nc(O)c(Cc2ccc(-c3ccnc(F)c3C)c(F)c2)c1=O. The maximum atomic E-state index is 15.4. The van der Waals surface area contributed by atoms with E-state index in [0.29, 0.717) is 42.1 Å². The van der Waals surface area contributed by atoms with Crippen LogP contribution < -0.4 is 5.56 Å². The molecule has 2 aromatic carbocycles. The molecular formula is C34H35F2N5O2. The summed E-state index contributed by atoms with van der Waals surface area (Å²) in [4.78, 5) is 22.5. The summed E-state index contributed by atoms with van der Waals surface area (Å²) in [6, 6.07) is 13.8. The van der Waals surface area contributed by atoms with Crippen molar-refractivity contribution >= 4 is 0 Å². The fourth-order valence-electron chi connectivity index (χ4n) is 5.43. The van der Waals surface area contributed by atoms with Crippen molar-refractivity contribution < 1.29 is 13.9 Å². The van der Waals surface area contributed by atoms with Gasteiger partial charge in [0.05, 0.1) is 11.3 Å². The molecule has 7 nitrogen and oxygen atoms in total. The summed E-state index contributed by atoms with van der Waals surface area (Å²) in [6.45, 7) is 10.5. The van der Waals surface area contributed by atoms with Gasteiger partial charge in [0.25, 0.3) is 5.56 Å². The van der Waals surface area contributed by atoms with Crippen LogP contribution in [0.3, 0.4) is 0 Å². The number of hydrogen-bond acceptors (Lipinski definition) is 5. The van der Waals surface area contributed by atoms with Crippen LogP contribution in [0, 0.1) is 24.6 Å². The number of aromatic nitrogens is 5. The van der Waals surface area contributed by atoms with Gasteiger partial charge in [-0.2, -0.15) is 14.5 Å². The van der Waals surface area contributed by atoms with E-state index < -0.39 is 23.2 Å². The molecule has 0 radical (unpaired) electrons. The predicted octanol–water partition coefficient (Wildman–Crippen LogP) is 6.82. The topological polar surface area (TPSA) is 85.8 Å². The van der Waals surface area contributed by atoms with Crippen LogP contribution in [0.4, 0.5) is 8.78 Å². The summed E-state index contributed by atoms with van der Waals surface area (Å²) in [5.41, 5.74) is 4.00. The fourth-order valence-corrected chi connectivity index (χ4v) is 5.43. The highest BCUT2D eigenvalue weighted by Gasteiger charge is 2.24. The highest BCUT2D eigenvalue weighted by Crippen LogP contribution is 2.30. The largest absolute Gasteiger partial charge is 0.493 e. The molecule has 3 aromatic heterocycles. The van der Waals surface area contributed by atoms with Crippen LogP contribution in [0.1, 0.15) is 55.5 Å². The first-order valence-electron chi connectivity index (χ1n) is 14.5. The quantitative estimate of drug-likeness (QED) is 0.193. The summed E-state index contributed by atoms with van der Waals surface area (Å²) < 4.78 is 32.7. The number of pyridine rings is 1. The molecule has 0 spiro atoms. The van der Waals surface area contributed by atoms with E-state index in [1.54, 1.807) is 40.4 Å². The summed E-state index contributed by atoms with van der Waals surface area (Å²) in [5.74, 6) is -1.07. The minimum atomic E-state index is -0.662. The number of nitrogens with zero attached hydrogens (tertiary/aromatic N) is 5. The standard InChI is InChI=1S/C34H35F2N5O2/c1-6-23-9-8-10-24(7-2)30(23)41-32(29-14-16-40(39-29)19-20(3)4)38-33(42)27(34(41)43)17-22-11-12-26(28(35)18-22)25-13-15-37-31(36)21(25)5/h8-16,18,20,42H,6-7,17,19H2,1-5H3. The first-order chi connectivity index (χ1) is 20.6. The van der Waals surface area contributed by atoms with Crippen molar-refractivity contribution in [3.8, 4) is 34.2 Å². The highest BCUT2D eigenvalue weighted by molar-refractivity contribution is 5.68. The number of rotatable bonds is 9. The lowest BCUT2D eigenvalue weighted by Gasteiger charge is -2.20. The van der Waals surface area contributed by atoms with Crippen molar-refractivity contribution in [3.63, 3.8) is 0 Å². The summed E-state index contributed by atoms with van der Waals surface area (Å²) in [5, 5.41) is 15.8. The van der Waals surface area contributed by atoms with Gasteiger partial charge in [0.1, 0.15) is 11.5 Å². The van der Waals surface area contributed by atoms with Gasteiger partial charge in [0, 0.05) is 36.5 Å². The van der Waals surface area contributed by atoms with E-state index in [4.69, 9.17) is 0 Å². The van der Waals surface area contributed by atoms with Crippen LogP contribution in [-0.4, -0.2) is 29.4 Å². The van der Waals surface area contributed by atoms with Gasteiger partial charge < -0.3 is 5.11 Å². The molecule has 0 saturated carbocycles. The molecule has 0 aliphatic heterocycles. The third-order valence-electron chi connectivity index (χ3n) is 7.61. The molecule has 43 heavy (non-hydrogen) atoms. The van der Waals surface area contributed by atoms with Gasteiger partial charge in [-0.05, 0) is 66.1 Å². The fraction of sp³-hybridized carbons (Fsp3) is 0.294. The van der Waals surface area contributed by atoms with Gasteiger partial charge in [-0.3, -0.25) is 14.0 Å². The minimum absolute atomic E-state index is 0.0385. The first-order valence-corrected chi connectivity index (χ1v) is 14.5. The number of hydrogen-bond donors (Lipinski definition) is 1. The Labute approximate surface area is 249 Å². The highest BCUT2D eigenvalue weighted by atomic mass is 19.1. The molecule has 0 fully saturated rings. The molecule has 0 aliphatic rings. The van der Waals surface area contributed by atoms with Gasteiger partial charge in [-0.25, -0.2) is 9.37 Å². The maximum absolute atomic E-state index is 15.4. The number of aryl methyl sites for hydroxylation is 2. The number of halogens is 2. The van der Waals surface area contributed by atoms with Crippen LogP contribution in [0.15, 0.2) is 65.7 Å². The van der Waals surface area contributed by atoms with Crippen molar-refractivity contribution in [1.29, 1.82) is 0 Å². The molecule has 0 unspecified atom stereocenters. The first kappa shape index (κ1) is 29.8. The van der Waals surface area contributed by atoms with Crippen LogP contribution in [-0.2, 0) is 25.8 Å². The Balaban J connectivity index is 1.67. The summed E-state index contributed by atoms with van der Waals surface area (Å²) >= 11 is 0. The molecule has 0 saturated heterocycles. The molecule has 222 valence electrons. The monoisotopic (exact) mass is 583 g/mol. The van der Waals surface area contributed by atoms with Crippen LogP contribution >= 0.6 is 0 Å². The molecule has 0 amide bonds. The molecule has 3 heterocycles. The number of benzene rings is 2. The lowest BCUT2D eigenvalue weighted by Crippen LogP contribution is -2.27. The van der Waals surface area contributed by atoms with E-state index >= 15 is 4.39 Å². The molecule has 0 aliphatic carbocycles. The van der Waals surface area contributed by atoms with Crippen molar-refractivity contribution in [3.05, 3.63) is 111 Å². The number of aromatic hydroxyl groups is 1. The van der Waals surface area contributed by atoms with Crippen LogP contribution in [0.2, 0.25) is 0 Å². The molecule has 9 heteroatoms. The zero-order valence-electron chi connectivity index (χ0n) is 25.0. The summed E-state index contributed by atoms with van der Waals surface area (Å²) in [7, 11) is 0. The van der Waals surface area contributed by atoms with E-state index in [1.807, 2.05) is 38.2 Å². The van der Waals surface area contributed by atoms with Crippen molar-refractivity contribution in [1.82, 2.24) is 24.3 Å². The Bertz CT molecular complexity index is 1840. The third kappa shape index (κ3) is 5.84. The van der Waals surface area contributed by atoms with Gasteiger partial charge in [-0.15, -0.1) is 0 Å². The minimum Gasteiger partial charge on any atom is -0.493 e. The van der Waals surface area contributed by atoms with Crippen LogP contribution in [0.5, 0.6) is 5.88 Å². The smallest absolute Gasteiger partial charge is 0.265 e. The van der Waals surface area contributed by atoms with Gasteiger partial charge in [0.2, 0.25) is 11.8 Å². The maximum Gasteiger partial charge on any atom is 0.265 e. The Kier molecular flexibility index (Phi) is 8.52. The van der Waals surface area contributed by atoms with E-state index in [1.165, 1.54) is 12.3 Å². The second kappa shape index (κ2) is 12.3. The van der Waals surface area contributed by atoms with E-state index in [9.17, 15) is 14.3 Å². The third-order valence-corrected chi connectivity index (χ3v) is 7.61. The lowest BCUT2D eigenvalue weighted by molar-refractivity contribution is 0.443. The second-order valence-corrected chi connectivity index (χ2v) is 11.1. The molecule has 5 rings (SSSR count). The summed E-state index contributed by atoms with van der Waals surface area (Å²) in [6.07, 6.45) is 4.42. The zero-order valence-corrected chi connectivity index (χ0v) is 25.0. The second-order valence-electron chi connectivity index (χ2n) is 11.1. The van der Waals surface area contributed by atoms with Gasteiger partial charge >= 0.3 is 0 Å². The molecule has 0 bridgehead atoms. The van der Waals surface area contributed by atoms with Crippen molar-refractivity contribution in [2.75, 3.05) is 0 Å². The molecule has 0 atom stereocenters. The van der Waals surface area contributed by atoms with Crippen molar-refractivity contribution in [2.45, 2.75) is 60.4 Å². The van der Waals surface area contributed by atoms with Crippen LogP contribution in [0.25, 0.3) is 28.3 Å². The predicted molar refractivity (Wildman–Crippen MR) is 163 cm³/mol. The average molecular weight is 584 g/mol. The van der Waals surface area contributed by atoms with E-state index in [0.717, 1.165) is 16.8 Å². The molecule has 5 aromatic rings. The Morgan fingerprint density at radius 1 is 0.977 bits per heavy atom. The Morgan fingerprint density at radius 3 is 2.35 bits per heavy atom. The van der Waals surface area contributed by atoms with Crippen molar-refractivity contribution in [2.24, 2.45) is 5.92 Å². The number of para-hydroxylation sites is 1.